The van der Waals surface area contributed by atoms with Gasteiger partial charge >= 0.3 is 0 Å². The molecule has 0 fully saturated rings. The second-order valence-corrected chi connectivity index (χ2v) is 5.27. The van der Waals surface area contributed by atoms with Crippen molar-refractivity contribution in [2.45, 2.75) is 19.1 Å². The Bertz CT molecular complexity index is 487. The van der Waals surface area contributed by atoms with Crippen molar-refractivity contribution in [3.8, 4) is 6.07 Å². The standard InChI is InChI=1S/C12H12ClNO3S/c1-7(15)18-6-11(16)12(17)8-2-3-9(5-14)10(13)4-8/h2-4,11-12,16-17H,6H2,1H3. The van der Waals surface area contributed by atoms with Gasteiger partial charge in [0.25, 0.3) is 0 Å². The molecule has 0 aliphatic rings. The Kier molecular flexibility index (Phi) is 5.63. The van der Waals surface area contributed by atoms with Crippen LogP contribution in [0.3, 0.4) is 0 Å². The van der Waals surface area contributed by atoms with E-state index in [1.54, 1.807) is 0 Å². The van der Waals surface area contributed by atoms with Gasteiger partial charge in [-0.15, -0.1) is 0 Å². The maximum atomic E-state index is 10.8. The first-order valence-corrected chi connectivity index (χ1v) is 6.51. The molecule has 0 aliphatic heterocycles. The quantitative estimate of drug-likeness (QED) is 0.883. The van der Waals surface area contributed by atoms with Crippen molar-refractivity contribution < 1.29 is 15.0 Å². The number of carbonyl (C=O) groups excluding carboxylic acids is 1. The third-order valence-corrected chi connectivity index (χ3v) is 3.50. The Hall–Kier alpha value is -1.06. The molecular formula is C12H12ClNO3S. The lowest BCUT2D eigenvalue weighted by molar-refractivity contribution is -0.109. The van der Waals surface area contributed by atoms with E-state index in [2.05, 4.69) is 0 Å². The normalized spacial score (nSPS) is 13.7. The third kappa shape index (κ3) is 4.00. The summed E-state index contributed by atoms with van der Waals surface area (Å²) >= 11 is 6.77. The van der Waals surface area contributed by atoms with E-state index in [1.165, 1.54) is 25.1 Å². The average Bonchev–Trinajstić information content (AvgIpc) is 2.34. The number of thioether (sulfide) groups is 1. The van der Waals surface area contributed by atoms with Gasteiger partial charge in [-0.2, -0.15) is 5.26 Å². The van der Waals surface area contributed by atoms with E-state index in [9.17, 15) is 15.0 Å². The monoisotopic (exact) mass is 285 g/mol. The number of rotatable bonds is 4. The van der Waals surface area contributed by atoms with Crippen LogP contribution in [0.2, 0.25) is 5.02 Å². The molecule has 2 N–H and O–H groups in total. The summed E-state index contributed by atoms with van der Waals surface area (Å²) in [5, 5.41) is 28.4. The predicted octanol–water partition coefficient (Wildman–Crippen LogP) is 1.89. The minimum atomic E-state index is -1.14. The molecule has 96 valence electrons. The number of nitrogens with zero attached hydrogens (tertiary/aromatic N) is 1. The number of aliphatic hydroxyl groups is 2. The number of hydrogen-bond donors (Lipinski definition) is 2. The average molecular weight is 286 g/mol. The lowest BCUT2D eigenvalue weighted by atomic mass is 10.0. The first-order valence-electron chi connectivity index (χ1n) is 5.14. The van der Waals surface area contributed by atoms with Gasteiger partial charge in [-0.05, 0) is 17.7 Å². The zero-order valence-electron chi connectivity index (χ0n) is 9.63. The second-order valence-electron chi connectivity index (χ2n) is 3.67. The molecule has 2 unspecified atom stereocenters. The fourth-order valence-electron chi connectivity index (χ4n) is 1.32. The van der Waals surface area contributed by atoms with Crippen molar-refractivity contribution in [1.82, 2.24) is 0 Å². The largest absolute Gasteiger partial charge is 0.389 e. The van der Waals surface area contributed by atoms with Gasteiger partial charge in [-0.25, -0.2) is 0 Å². The van der Waals surface area contributed by atoms with Crippen molar-refractivity contribution >= 4 is 28.5 Å². The van der Waals surface area contributed by atoms with Crippen molar-refractivity contribution in [2.75, 3.05) is 5.75 Å². The number of benzene rings is 1. The molecule has 18 heavy (non-hydrogen) atoms. The van der Waals surface area contributed by atoms with Crippen molar-refractivity contribution in [3.05, 3.63) is 34.3 Å². The number of carbonyl (C=O) groups is 1. The molecular weight excluding hydrogens is 274 g/mol. The number of aliphatic hydroxyl groups excluding tert-OH is 2. The number of hydrogen-bond acceptors (Lipinski definition) is 5. The molecule has 1 aromatic carbocycles. The minimum Gasteiger partial charge on any atom is -0.389 e. The number of halogens is 1. The molecule has 0 amide bonds. The molecule has 2 atom stereocenters. The highest BCUT2D eigenvalue weighted by Gasteiger charge is 2.19. The molecule has 1 rings (SSSR count). The van der Waals surface area contributed by atoms with Crippen molar-refractivity contribution in [1.29, 1.82) is 5.26 Å². The van der Waals surface area contributed by atoms with Gasteiger partial charge in [0.15, 0.2) is 5.12 Å². The summed E-state index contributed by atoms with van der Waals surface area (Å²) in [6.45, 7) is 1.39. The van der Waals surface area contributed by atoms with Crippen molar-refractivity contribution in [3.63, 3.8) is 0 Å². The van der Waals surface area contributed by atoms with E-state index in [0.717, 1.165) is 11.8 Å². The van der Waals surface area contributed by atoms with Gasteiger partial charge in [0.05, 0.1) is 16.7 Å². The van der Waals surface area contributed by atoms with E-state index in [1.807, 2.05) is 6.07 Å². The molecule has 0 heterocycles. The van der Waals surface area contributed by atoms with Crippen LogP contribution in [-0.4, -0.2) is 27.2 Å². The molecule has 0 aliphatic carbocycles. The Morgan fingerprint density at radius 3 is 2.72 bits per heavy atom. The second kappa shape index (κ2) is 6.76. The zero-order chi connectivity index (χ0) is 13.7. The SMILES string of the molecule is CC(=O)SCC(O)C(O)c1ccc(C#N)c(Cl)c1. The summed E-state index contributed by atoms with van der Waals surface area (Å²) in [6.07, 6.45) is -2.20. The van der Waals surface area contributed by atoms with Crippen molar-refractivity contribution in [2.24, 2.45) is 0 Å². The molecule has 1 aromatic rings. The van der Waals surface area contributed by atoms with Gasteiger partial charge in [0.2, 0.25) is 0 Å². The third-order valence-electron chi connectivity index (χ3n) is 2.28. The van der Waals surface area contributed by atoms with E-state index >= 15 is 0 Å². The zero-order valence-corrected chi connectivity index (χ0v) is 11.2. The predicted molar refractivity (Wildman–Crippen MR) is 70.3 cm³/mol. The first-order chi connectivity index (χ1) is 8.45. The summed E-state index contributed by atoms with van der Waals surface area (Å²) in [6, 6.07) is 6.35. The first kappa shape index (κ1) is 15.0. The summed E-state index contributed by atoms with van der Waals surface area (Å²) in [4.78, 5) is 10.8. The Morgan fingerprint density at radius 2 is 2.22 bits per heavy atom. The van der Waals surface area contributed by atoms with E-state index < -0.39 is 12.2 Å². The fraction of sp³-hybridized carbons (Fsp3) is 0.333. The minimum absolute atomic E-state index is 0.105. The van der Waals surface area contributed by atoms with Crippen LogP contribution in [0.1, 0.15) is 24.2 Å². The topological polar surface area (TPSA) is 81.3 Å². The molecule has 0 spiro atoms. The van der Waals surface area contributed by atoms with Gasteiger partial charge in [0, 0.05) is 12.7 Å². The van der Waals surface area contributed by atoms with Crippen LogP contribution in [0.5, 0.6) is 0 Å². The maximum Gasteiger partial charge on any atom is 0.185 e. The number of nitriles is 1. The Morgan fingerprint density at radius 1 is 1.56 bits per heavy atom. The van der Waals surface area contributed by atoms with Crippen LogP contribution >= 0.6 is 23.4 Å². The van der Waals surface area contributed by atoms with Crippen LogP contribution in [0.15, 0.2) is 18.2 Å². The molecule has 0 bridgehead atoms. The van der Waals surface area contributed by atoms with Crippen LogP contribution in [0.25, 0.3) is 0 Å². The summed E-state index contributed by atoms with van der Waals surface area (Å²) in [7, 11) is 0. The highest BCUT2D eigenvalue weighted by Crippen LogP contribution is 2.24. The summed E-state index contributed by atoms with van der Waals surface area (Å²) < 4.78 is 0. The van der Waals surface area contributed by atoms with Gasteiger partial charge in [0.1, 0.15) is 12.2 Å². The van der Waals surface area contributed by atoms with E-state index in [4.69, 9.17) is 16.9 Å². The Labute approximate surface area is 114 Å². The van der Waals surface area contributed by atoms with Crippen LogP contribution < -0.4 is 0 Å². The van der Waals surface area contributed by atoms with E-state index in [0.29, 0.717) is 11.1 Å². The molecule has 4 nitrogen and oxygen atoms in total. The Balaban J connectivity index is 2.78. The maximum absolute atomic E-state index is 10.8. The van der Waals surface area contributed by atoms with Gasteiger partial charge in [-0.3, -0.25) is 4.79 Å². The van der Waals surface area contributed by atoms with Crippen LogP contribution in [-0.2, 0) is 4.79 Å². The highest BCUT2D eigenvalue weighted by molar-refractivity contribution is 8.13. The summed E-state index contributed by atoms with van der Waals surface area (Å²) in [5.41, 5.74) is 0.718. The lowest BCUT2D eigenvalue weighted by Crippen LogP contribution is -2.21. The summed E-state index contributed by atoms with van der Waals surface area (Å²) in [5.74, 6) is 0.105. The van der Waals surface area contributed by atoms with Crippen LogP contribution in [0.4, 0.5) is 0 Å². The van der Waals surface area contributed by atoms with Crippen LogP contribution in [0, 0.1) is 11.3 Å². The van der Waals surface area contributed by atoms with Gasteiger partial charge in [-0.1, -0.05) is 29.4 Å². The lowest BCUT2D eigenvalue weighted by Gasteiger charge is -2.17. The fourth-order valence-corrected chi connectivity index (χ4v) is 2.14. The molecule has 0 saturated heterocycles. The van der Waals surface area contributed by atoms with Gasteiger partial charge < -0.3 is 10.2 Å². The smallest absolute Gasteiger partial charge is 0.185 e. The molecule has 0 saturated carbocycles. The van der Waals surface area contributed by atoms with E-state index in [-0.39, 0.29) is 15.9 Å². The highest BCUT2D eigenvalue weighted by atomic mass is 35.5. The molecule has 0 aromatic heterocycles. The molecule has 0 radical (unpaired) electrons. The molecule has 6 heteroatoms.